The molecule has 2 N–H and O–H groups in total. The standard InChI is InChI=1S/C22H34O3/c1-13(12-23)18-4-5-19-16-10-20(24)17-11-21(2,25)8-6-15(17)14(16)7-9-22(18,19)3/h14-19,23,25H,1,4-12H2,2-3H3/t14-,15-,16-,17-,18-,19+,21-,22-/m1/s1. The van der Waals surface area contributed by atoms with E-state index in [1.54, 1.807) is 0 Å². The molecule has 4 saturated carbocycles. The Morgan fingerprint density at radius 1 is 1.12 bits per heavy atom. The number of hydrogen-bond donors (Lipinski definition) is 2. The molecule has 3 nitrogen and oxygen atoms in total. The van der Waals surface area contributed by atoms with Gasteiger partial charge < -0.3 is 10.2 Å². The van der Waals surface area contributed by atoms with Gasteiger partial charge in [-0.25, -0.2) is 0 Å². The molecule has 0 bridgehead atoms. The van der Waals surface area contributed by atoms with E-state index in [1.807, 2.05) is 6.92 Å². The van der Waals surface area contributed by atoms with Crippen molar-refractivity contribution >= 4 is 5.78 Å². The molecule has 0 amide bonds. The Morgan fingerprint density at radius 3 is 2.56 bits per heavy atom. The molecule has 0 aliphatic heterocycles. The number of carbonyl (C=O) groups is 1. The van der Waals surface area contributed by atoms with Crippen molar-refractivity contribution in [1.82, 2.24) is 0 Å². The quantitative estimate of drug-likeness (QED) is 0.749. The molecular weight excluding hydrogens is 312 g/mol. The van der Waals surface area contributed by atoms with Gasteiger partial charge in [0.15, 0.2) is 0 Å². The summed E-state index contributed by atoms with van der Waals surface area (Å²) in [7, 11) is 0. The minimum absolute atomic E-state index is 0.0963. The van der Waals surface area contributed by atoms with Crippen LogP contribution in [0.5, 0.6) is 0 Å². The van der Waals surface area contributed by atoms with Crippen LogP contribution in [0.3, 0.4) is 0 Å². The summed E-state index contributed by atoms with van der Waals surface area (Å²) in [4.78, 5) is 13.0. The first-order valence-electron chi connectivity index (χ1n) is 10.3. The second-order valence-electron chi connectivity index (χ2n) is 10.1. The van der Waals surface area contributed by atoms with Gasteiger partial charge >= 0.3 is 0 Å². The Hall–Kier alpha value is -0.670. The first kappa shape index (κ1) is 17.7. The van der Waals surface area contributed by atoms with Crippen LogP contribution in [0.25, 0.3) is 0 Å². The van der Waals surface area contributed by atoms with E-state index in [1.165, 1.54) is 19.3 Å². The van der Waals surface area contributed by atoms with E-state index in [9.17, 15) is 15.0 Å². The summed E-state index contributed by atoms with van der Waals surface area (Å²) < 4.78 is 0. The molecule has 4 fully saturated rings. The summed E-state index contributed by atoms with van der Waals surface area (Å²) in [6.07, 6.45) is 7.98. The molecule has 140 valence electrons. The normalized spacial score (nSPS) is 52.2. The number of hydrogen-bond acceptors (Lipinski definition) is 3. The van der Waals surface area contributed by atoms with Gasteiger partial charge in [0.25, 0.3) is 0 Å². The van der Waals surface area contributed by atoms with Crippen molar-refractivity contribution in [3.8, 4) is 0 Å². The lowest BCUT2D eigenvalue weighted by Crippen LogP contribution is -2.53. The van der Waals surface area contributed by atoms with Crippen LogP contribution in [-0.2, 0) is 4.79 Å². The third-order valence-electron chi connectivity index (χ3n) is 8.78. The molecule has 0 unspecified atom stereocenters. The maximum absolute atomic E-state index is 13.0. The summed E-state index contributed by atoms with van der Waals surface area (Å²) in [5, 5.41) is 20.1. The van der Waals surface area contributed by atoms with Gasteiger partial charge in [-0.05, 0) is 92.4 Å². The summed E-state index contributed by atoms with van der Waals surface area (Å²) in [5.41, 5.74) is 0.565. The molecule has 0 aromatic rings. The van der Waals surface area contributed by atoms with Crippen LogP contribution in [0.1, 0.15) is 65.2 Å². The van der Waals surface area contributed by atoms with Gasteiger partial charge in [0.05, 0.1) is 12.2 Å². The minimum Gasteiger partial charge on any atom is -0.392 e. The zero-order valence-corrected chi connectivity index (χ0v) is 15.8. The Balaban J connectivity index is 1.59. The summed E-state index contributed by atoms with van der Waals surface area (Å²) in [6.45, 7) is 8.55. The number of fused-ring (bicyclic) bond motifs is 5. The van der Waals surface area contributed by atoms with Crippen LogP contribution in [0.2, 0.25) is 0 Å². The van der Waals surface area contributed by atoms with Gasteiger partial charge in [0.2, 0.25) is 0 Å². The van der Waals surface area contributed by atoms with Crippen LogP contribution in [0.4, 0.5) is 0 Å². The second-order valence-corrected chi connectivity index (χ2v) is 10.1. The minimum atomic E-state index is -0.649. The summed E-state index contributed by atoms with van der Waals surface area (Å²) in [6, 6.07) is 0. The van der Waals surface area contributed by atoms with Crippen LogP contribution >= 0.6 is 0 Å². The van der Waals surface area contributed by atoms with Crippen molar-refractivity contribution in [3.63, 3.8) is 0 Å². The highest BCUT2D eigenvalue weighted by molar-refractivity contribution is 5.83. The topological polar surface area (TPSA) is 57.5 Å². The fraction of sp³-hybridized carbons (Fsp3) is 0.864. The summed E-state index contributed by atoms with van der Waals surface area (Å²) >= 11 is 0. The fourth-order valence-corrected chi connectivity index (χ4v) is 7.58. The molecule has 25 heavy (non-hydrogen) atoms. The van der Waals surface area contributed by atoms with Gasteiger partial charge in [-0.3, -0.25) is 4.79 Å². The highest BCUT2D eigenvalue weighted by Crippen LogP contribution is 2.65. The number of rotatable bonds is 2. The van der Waals surface area contributed by atoms with Crippen LogP contribution in [0.15, 0.2) is 12.2 Å². The van der Waals surface area contributed by atoms with E-state index in [0.29, 0.717) is 41.8 Å². The lowest BCUT2D eigenvalue weighted by Gasteiger charge is -2.56. The molecule has 3 heteroatoms. The molecule has 0 heterocycles. The highest BCUT2D eigenvalue weighted by Gasteiger charge is 2.59. The van der Waals surface area contributed by atoms with Gasteiger partial charge in [-0.1, -0.05) is 13.5 Å². The predicted octanol–water partition coefficient (Wildman–Crippen LogP) is 3.73. The molecule has 0 radical (unpaired) electrons. The Bertz CT molecular complexity index is 580. The van der Waals surface area contributed by atoms with E-state index >= 15 is 0 Å². The third-order valence-corrected chi connectivity index (χ3v) is 8.78. The molecule has 0 aromatic heterocycles. The SMILES string of the molecule is C=C(CO)[C@H]1CC[C@H]2[C@@H]3CC(=O)[C@@H]4C[C@](C)(O)CC[C@@H]4[C@H]3CC[C@]12C. The molecule has 4 aliphatic rings. The van der Waals surface area contributed by atoms with Gasteiger partial charge in [-0.15, -0.1) is 0 Å². The maximum atomic E-state index is 13.0. The van der Waals surface area contributed by atoms with E-state index in [4.69, 9.17) is 0 Å². The first-order chi connectivity index (χ1) is 11.8. The van der Waals surface area contributed by atoms with Crippen molar-refractivity contribution < 1.29 is 15.0 Å². The van der Waals surface area contributed by atoms with Gasteiger partial charge in [0, 0.05) is 12.3 Å². The smallest absolute Gasteiger partial charge is 0.136 e. The van der Waals surface area contributed by atoms with E-state index in [-0.39, 0.29) is 17.9 Å². The number of carbonyl (C=O) groups excluding carboxylic acids is 1. The lowest BCUT2D eigenvalue weighted by molar-refractivity contribution is -0.148. The first-order valence-corrected chi connectivity index (χ1v) is 10.3. The molecule has 8 atom stereocenters. The van der Waals surface area contributed by atoms with Crippen molar-refractivity contribution in [2.45, 2.75) is 70.8 Å². The maximum Gasteiger partial charge on any atom is 0.136 e. The van der Waals surface area contributed by atoms with Crippen LogP contribution < -0.4 is 0 Å². The number of aliphatic hydroxyl groups is 2. The Morgan fingerprint density at radius 2 is 1.84 bits per heavy atom. The lowest BCUT2D eigenvalue weighted by atomic mass is 9.48. The average molecular weight is 347 g/mol. The monoisotopic (exact) mass is 346 g/mol. The summed E-state index contributed by atoms with van der Waals surface area (Å²) in [5.74, 6) is 3.22. The number of Topliss-reactive ketones (excluding diaryl/α,β-unsaturated/α-hetero) is 1. The predicted molar refractivity (Wildman–Crippen MR) is 97.8 cm³/mol. The van der Waals surface area contributed by atoms with Gasteiger partial charge in [0.1, 0.15) is 5.78 Å². The van der Waals surface area contributed by atoms with Crippen molar-refractivity contribution in [1.29, 1.82) is 0 Å². The Kier molecular flexibility index (Phi) is 4.20. The molecule has 4 rings (SSSR count). The Labute approximate surface area is 151 Å². The number of aliphatic hydroxyl groups excluding tert-OH is 1. The van der Waals surface area contributed by atoms with E-state index < -0.39 is 5.60 Å². The third kappa shape index (κ3) is 2.65. The molecule has 0 saturated heterocycles. The van der Waals surface area contributed by atoms with E-state index in [0.717, 1.165) is 31.3 Å². The zero-order chi connectivity index (χ0) is 18.0. The second kappa shape index (κ2) is 5.92. The number of ketones is 1. The highest BCUT2D eigenvalue weighted by atomic mass is 16.3. The molecule has 0 aromatic carbocycles. The largest absolute Gasteiger partial charge is 0.392 e. The van der Waals surface area contributed by atoms with Crippen molar-refractivity contribution in [2.75, 3.05) is 6.61 Å². The van der Waals surface area contributed by atoms with Gasteiger partial charge in [-0.2, -0.15) is 0 Å². The van der Waals surface area contributed by atoms with E-state index in [2.05, 4.69) is 13.5 Å². The van der Waals surface area contributed by atoms with Crippen molar-refractivity contribution in [3.05, 3.63) is 12.2 Å². The molecule has 4 aliphatic carbocycles. The van der Waals surface area contributed by atoms with Crippen molar-refractivity contribution in [2.24, 2.45) is 40.9 Å². The zero-order valence-electron chi connectivity index (χ0n) is 15.8. The van der Waals surface area contributed by atoms with Crippen LogP contribution in [-0.4, -0.2) is 28.2 Å². The molecular formula is C22H34O3. The van der Waals surface area contributed by atoms with Crippen LogP contribution in [0, 0.1) is 40.9 Å². The average Bonchev–Trinajstić information content (AvgIpc) is 2.91. The fourth-order valence-electron chi connectivity index (χ4n) is 7.58. The molecule has 0 spiro atoms.